The van der Waals surface area contributed by atoms with Crippen LogP contribution in [0.1, 0.15) is 17.0 Å². The van der Waals surface area contributed by atoms with Crippen molar-refractivity contribution >= 4 is 25.8 Å². The molecule has 2 unspecified atom stereocenters. The van der Waals surface area contributed by atoms with E-state index in [0.717, 1.165) is 15.6 Å². The zero-order valence-corrected chi connectivity index (χ0v) is 13.8. The lowest BCUT2D eigenvalue weighted by Crippen LogP contribution is -2.31. The SMILES string of the molecule is NC(Cc1ccc(Br)cc1)C1CS(=O)(=O)c2ccccc21. The topological polar surface area (TPSA) is 60.2 Å². The van der Waals surface area contributed by atoms with Crippen LogP contribution in [0.3, 0.4) is 0 Å². The van der Waals surface area contributed by atoms with E-state index in [1.54, 1.807) is 12.1 Å². The Morgan fingerprint density at radius 3 is 2.52 bits per heavy atom. The predicted molar refractivity (Wildman–Crippen MR) is 87.1 cm³/mol. The van der Waals surface area contributed by atoms with Crippen molar-refractivity contribution in [1.82, 2.24) is 0 Å². The van der Waals surface area contributed by atoms with Gasteiger partial charge in [-0.25, -0.2) is 8.42 Å². The van der Waals surface area contributed by atoms with Crippen LogP contribution in [0.5, 0.6) is 0 Å². The highest BCUT2D eigenvalue weighted by Gasteiger charge is 2.37. The lowest BCUT2D eigenvalue weighted by atomic mass is 9.90. The molecule has 110 valence electrons. The molecule has 0 spiro atoms. The maximum absolute atomic E-state index is 12.2. The van der Waals surface area contributed by atoms with Crippen molar-refractivity contribution in [1.29, 1.82) is 0 Å². The lowest BCUT2D eigenvalue weighted by molar-refractivity contribution is 0.559. The van der Waals surface area contributed by atoms with Crippen LogP contribution >= 0.6 is 15.9 Å². The number of halogens is 1. The van der Waals surface area contributed by atoms with Crippen LogP contribution in [0.15, 0.2) is 57.9 Å². The fourth-order valence-corrected chi connectivity index (χ4v) is 5.08. The molecule has 3 rings (SSSR count). The molecule has 0 aliphatic carbocycles. The summed E-state index contributed by atoms with van der Waals surface area (Å²) in [6.07, 6.45) is 0.668. The van der Waals surface area contributed by atoms with E-state index in [1.165, 1.54) is 0 Å². The van der Waals surface area contributed by atoms with E-state index < -0.39 is 9.84 Å². The number of hydrogen-bond acceptors (Lipinski definition) is 3. The Morgan fingerprint density at radius 1 is 1.14 bits per heavy atom. The maximum Gasteiger partial charge on any atom is 0.179 e. The minimum absolute atomic E-state index is 0.115. The van der Waals surface area contributed by atoms with Gasteiger partial charge in [-0.15, -0.1) is 0 Å². The van der Waals surface area contributed by atoms with E-state index in [2.05, 4.69) is 15.9 Å². The van der Waals surface area contributed by atoms with Crippen molar-refractivity contribution in [3.05, 3.63) is 64.1 Å². The van der Waals surface area contributed by atoms with Gasteiger partial charge < -0.3 is 5.73 Å². The molecule has 2 aromatic carbocycles. The van der Waals surface area contributed by atoms with Crippen molar-refractivity contribution in [2.24, 2.45) is 5.73 Å². The number of sulfone groups is 1. The minimum atomic E-state index is -3.19. The second kappa shape index (κ2) is 5.55. The fraction of sp³-hybridized carbons (Fsp3) is 0.250. The third kappa shape index (κ3) is 2.91. The highest BCUT2D eigenvalue weighted by atomic mass is 79.9. The van der Waals surface area contributed by atoms with Crippen LogP contribution in [0.4, 0.5) is 0 Å². The summed E-state index contributed by atoms with van der Waals surface area (Å²) in [5.74, 6) is -0.0147. The molecule has 5 heteroatoms. The monoisotopic (exact) mass is 365 g/mol. The zero-order chi connectivity index (χ0) is 15.0. The second-order valence-corrected chi connectivity index (χ2v) is 8.34. The Hall–Kier alpha value is -1.17. The van der Waals surface area contributed by atoms with Gasteiger partial charge in [-0.2, -0.15) is 0 Å². The van der Waals surface area contributed by atoms with Gasteiger partial charge in [-0.3, -0.25) is 0 Å². The minimum Gasteiger partial charge on any atom is -0.327 e. The van der Waals surface area contributed by atoms with Crippen molar-refractivity contribution in [3.8, 4) is 0 Å². The summed E-state index contributed by atoms with van der Waals surface area (Å²) in [6, 6.07) is 15.0. The molecule has 21 heavy (non-hydrogen) atoms. The van der Waals surface area contributed by atoms with Gasteiger partial charge in [0.05, 0.1) is 10.6 Å². The molecule has 0 fully saturated rings. The van der Waals surface area contributed by atoms with Crippen molar-refractivity contribution in [3.63, 3.8) is 0 Å². The van der Waals surface area contributed by atoms with E-state index in [1.807, 2.05) is 36.4 Å². The molecule has 0 aromatic heterocycles. The molecule has 0 bridgehead atoms. The van der Waals surface area contributed by atoms with Gasteiger partial charge >= 0.3 is 0 Å². The molecule has 2 aromatic rings. The molecule has 1 aliphatic heterocycles. The highest BCUT2D eigenvalue weighted by Crippen LogP contribution is 2.36. The van der Waals surface area contributed by atoms with Crippen LogP contribution in [-0.2, 0) is 16.3 Å². The number of hydrogen-bond donors (Lipinski definition) is 1. The summed E-state index contributed by atoms with van der Waals surface area (Å²) in [6.45, 7) is 0. The maximum atomic E-state index is 12.2. The van der Waals surface area contributed by atoms with E-state index in [4.69, 9.17) is 5.73 Å². The lowest BCUT2D eigenvalue weighted by Gasteiger charge is -2.19. The number of fused-ring (bicyclic) bond motifs is 1. The molecule has 2 atom stereocenters. The standard InChI is InChI=1S/C16H16BrNO2S/c17-12-7-5-11(6-8-12)9-15(18)14-10-21(19,20)16-4-2-1-3-13(14)16/h1-8,14-15H,9-10,18H2. The molecule has 2 N–H and O–H groups in total. The third-order valence-electron chi connectivity index (χ3n) is 3.95. The molecule has 0 radical (unpaired) electrons. The van der Waals surface area contributed by atoms with Crippen LogP contribution in [0, 0.1) is 0 Å². The second-order valence-electron chi connectivity index (χ2n) is 5.42. The third-order valence-corrected chi connectivity index (χ3v) is 6.32. The fourth-order valence-electron chi connectivity index (χ4n) is 2.88. The molecule has 1 aliphatic rings. The Labute approximate surface area is 133 Å². The molecular weight excluding hydrogens is 350 g/mol. The zero-order valence-electron chi connectivity index (χ0n) is 11.4. The van der Waals surface area contributed by atoms with Gasteiger partial charge in [-0.1, -0.05) is 46.3 Å². The van der Waals surface area contributed by atoms with Crippen molar-refractivity contribution in [2.75, 3.05) is 5.75 Å². The summed E-state index contributed by atoms with van der Waals surface area (Å²) in [5, 5.41) is 0. The van der Waals surface area contributed by atoms with Crippen LogP contribution in [0.2, 0.25) is 0 Å². The van der Waals surface area contributed by atoms with E-state index >= 15 is 0 Å². The summed E-state index contributed by atoms with van der Waals surface area (Å²) in [7, 11) is -3.19. The first kappa shape index (κ1) is 14.8. The normalized spacial score (nSPS) is 21.0. The van der Waals surface area contributed by atoms with Gasteiger partial charge in [0.1, 0.15) is 0 Å². The summed E-state index contributed by atoms with van der Waals surface area (Å²) in [4.78, 5) is 0.446. The van der Waals surface area contributed by atoms with E-state index in [-0.39, 0.29) is 17.7 Å². The summed E-state index contributed by atoms with van der Waals surface area (Å²) >= 11 is 3.40. The van der Waals surface area contributed by atoms with Crippen LogP contribution in [-0.4, -0.2) is 20.2 Å². The van der Waals surface area contributed by atoms with E-state index in [0.29, 0.717) is 11.3 Å². The largest absolute Gasteiger partial charge is 0.327 e. The Balaban J connectivity index is 1.86. The molecular formula is C16H16BrNO2S. The molecule has 3 nitrogen and oxygen atoms in total. The number of rotatable bonds is 3. The van der Waals surface area contributed by atoms with E-state index in [9.17, 15) is 8.42 Å². The van der Waals surface area contributed by atoms with Gasteiger partial charge in [0.15, 0.2) is 9.84 Å². The van der Waals surface area contributed by atoms with Crippen LogP contribution in [0.25, 0.3) is 0 Å². The Bertz CT molecular complexity index is 756. The van der Waals surface area contributed by atoms with Gasteiger partial charge in [0, 0.05) is 16.4 Å². The summed E-state index contributed by atoms with van der Waals surface area (Å²) < 4.78 is 25.4. The molecule has 0 saturated carbocycles. The molecule has 1 heterocycles. The van der Waals surface area contributed by atoms with Gasteiger partial charge in [0.2, 0.25) is 0 Å². The van der Waals surface area contributed by atoms with Crippen molar-refractivity contribution in [2.45, 2.75) is 23.3 Å². The number of nitrogens with two attached hydrogens (primary N) is 1. The quantitative estimate of drug-likeness (QED) is 0.909. The first-order valence-corrected chi connectivity index (χ1v) is 9.23. The van der Waals surface area contributed by atoms with Gasteiger partial charge in [-0.05, 0) is 35.7 Å². The smallest absolute Gasteiger partial charge is 0.179 e. The predicted octanol–water partition coefficient (Wildman–Crippen LogP) is 2.89. The average Bonchev–Trinajstić information content (AvgIpc) is 2.74. The van der Waals surface area contributed by atoms with Crippen molar-refractivity contribution < 1.29 is 8.42 Å². The Morgan fingerprint density at radius 2 is 1.81 bits per heavy atom. The highest BCUT2D eigenvalue weighted by molar-refractivity contribution is 9.10. The van der Waals surface area contributed by atoms with Crippen LogP contribution < -0.4 is 5.73 Å². The Kier molecular flexibility index (Phi) is 3.90. The summed E-state index contributed by atoms with van der Waals surface area (Å²) in [5.41, 5.74) is 8.29. The van der Waals surface area contributed by atoms with Gasteiger partial charge in [0.25, 0.3) is 0 Å². The first-order valence-electron chi connectivity index (χ1n) is 6.79. The number of benzene rings is 2. The molecule has 0 amide bonds. The first-order chi connectivity index (χ1) is 9.97. The molecule has 0 saturated heterocycles. The average molecular weight is 366 g/mol.